The quantitative estimate of drug-likeness (QED) is 0.586. The molecule has 3 aromatic carbocycles. The van der Waals surface area contributed by atoms with Crippen LogP contribution in [0.4, 0.5) is 5.69 Å². The molecule has 5 heteroatoms. The Hall–Kier alpha value is -3.47. The van der Waals surface area contributed by atoms with E-state index in [1.54, 1.807) is 7.11 Å². The molecule has 3 aromatic rings. The molecule has 1 heterocycles. The number of methoxy groups -OCH3 is 1. The number of carbonyl (C=O) groups excluding carboxylic acids is 1. The van der Waals surface area contributed by atoms with Crippen molar-refractivity contribution < 1.29 is 14.3 Å². The Morgan fingerprint density at radius 2 is 1.81 bits per heavy atom. The molecule has 0 fully saturated rings. The van der Waals surface area contributed by atoms with E-state index in [9.17, 15) is 4.79 Å². The van der Waals surface area contributed by atoms with Gasteiger partial charge in [-0.25, -0.2) is 0 Å². The van der Waals surface area contributed by atoms with Gasteiger partial charge in [-0.1, -0.05) is 54.1 Å². The van der Waals surface area contributed by atoms with Crippen LogP contribution in [0.15, 0.2) is 66.7 Å². The van der Waals surface area contributed by atoms with E-state index in [-0.39, 0.29) is 11.9 Å². The Kier molecular flexibility index (Phi) is 6.64. The zero-order valence-corrected chi connectivity index (χ0v) is 18.9. The van der Waals surface area contributed by atoms with Crippen molar-refractivity contribution in [2.24, 2.45) is 0 Å². The number of amides is 1. The van der Waals surface area contributed by atoms with Crippen LogP contribution in [0, 0.1) is 13.8 Å². The van der Waals surface area contributed by atoms with Crippen molar-refractivity contribution >= 4 is 11.6 Å². The molecule has 166 valence electrons. The number of anilines is 1. The first-order chi connectivity index (χ1) is 15.5. The monoisotopic (exact) mass is 430 g/mol. The maximum atomic E-state index is 12.9. The third-order valence-electron chi connectivity index (χ3n) is 5.86. The van der Waals surface area contributed by atoms with Crippen LogP contribution in [0.5, 0.6) is 11.5 Å². The molecule has 0 spiro atoms. The van der Waals surface area contributed by atoms with Crippen LogP contribution >= 0.6 is 0 Å². The second-order valence-corrected chi connectivity index (χ2v) is 8.34. The van der Waals surface area contributed by atoms with Crippen LogP contribution in [0.25, 0.3) is 0 Å². The second-order valence-electron chi connectivity index (χ2n) is 8.34. The van der Waals surface area contributed by atoms with Gasteiger partial charge >= 0.3 is 0 Å². The summed E-state index contributed by atoms with van der Waals surface area (Å²) in [6, 6.07) is 22.5. The average molecular weight is 431 g/mol. The first-order valence-corrected chi connectivity index (χ1v) is 11.0. The van der Waals surface area contributed by atoms with E-state index in [1.807, 2.05) is 24.3 Å². The molecular weight excluding hydrogens is 400 g/mol. The summed E-state index contributed by atoms with van der Waals surface area (Å²) >= 11 is 0. The zero-order chi connectivity index (χ0) is 22.5. The third-order valence-corrected chi connectivity index (χ3v) is 5.86. The van der Waals surface area contributed by atoms with Gasteiger partial charge in [-0.3, -0.25) is 4.79 Å². The van der Waals surface area contributed by atoms with Crippen LogP contribution in [0.2, 0.25) is 0 Å². The van der Waals surface area contributed by atoms with Gasteiger partial charge in [-0.05, 0) is 43.2 Å². The van der Waals surface area contributed by atoms with Crippen molar-refractivity contribution in [1.29, 1.82) is 0 Å². The highest BCUT2D eigenvalue weighted by Crippen LogP contribution is 2.36. The van der Waals surface area contributed by atoms with Crippen molar-refractivity contribution in [1.82, 2.24) is 5.32 Å². The summed E-state index contributed by atoms with van der Waals surface area (Å²) in [5.74, 6) is 1.65. The molecule has 1 aliphatic heterocycles. The topological polar surface area (TPSA) is 50.8 Å². The highest BCUT2D eigenvalue weighted by atomic mass is 16.5. The number of hydrogen-bond acceptors (Lipinski definition) is 4. The van der Waals surface area contributed by atoms with Crippen LogP contribution < -0.4 is 19.7 Å². The number of benzene rings is 3. The molecule has 1 aliphatic rings. The predicted molar refractivity (Wildman–Crippen MR) is 127 cm³/mol. The Labute approximate surface area is 190 Å². The van der Waals surface area contributed by atoms with E-state index >= 15 is 0 Å². The minimum atomic E-state index is -0.0517. The summed E-state index contributed by atoms with van der Waals surface area (Å²) in [5, 5.41) is 3.04. The highest BCUT2D eigenvalue weighted by Gasteiger charge is 2.29. The second kappa shape index (κ2) is 9.77. The van der Waals surface area contributed by atoms with Crippen molar-refractivity contribution in [2.75, 3.05) is 18.6 Å². The molecule has 0 aliphatic carbocycles. The molecule has 1 N–H and O–H groups in total. The summed E-state index contributed by atoms with van der Waals surface area (Å²) in [4.78, 5) is 15.2. The first kappa shape index (κ1) is 21.8. The Bertz CT molecular complexity index is 1080. The van der Waals surface area contributed by atoms with Gasteiger partial charge in [-0.15, -0.1) is 0 Å². The Balaban J connectivity index is 1.49. The summed E-state index contributed by atoms with van der Waals surface area (Å²) in [5.41, 5.74) is 5.60. The molecular formula is C27H30N2O3. The third kappa shape index (κ3) is 5.05. The van der Waals surface area contributed by atoms with Gasteiger partial charge in [0.25, 0.3) is 0 Å². The van der Waals surface area contributed by atoms with Gasteiger partial charge < -0.3 is 19.7 Å². The number of para-hydroxylation sites is 1. The number of hydrogen-bond donors (Lipinski definition) is 1. The number of nitrogens with zero attached hydrogens (tertiary/aromatic N) is 1. The minimum absolute atomic E-state index is 0.00558. The van der Waals surface area contributed by atoms with Crippen LogP contribution in [-0.4, -0.2) is 25.7 Å². The van der Waals surface area contributed by atoms with Gasteiger partial charge in [0.2, 0.25) is 5.91 Å². The molecule has 32 heavy (non-hydrogen) atoms. The van der Waals surface area contributed by atoms with Crippen molar-refractivity contribution in [2.45, 2.75) is 39.4 Å². The van der Waals surface area contributed by atoms with E-state index in [0.29, 0.717) is 19.6 Å². The van der Waals surface area contributed by atoms with Crippen LogP contribution in [0.3, 0.4) is 0 Å². The summed E-state index contributed by atoms with van der Waals surface area (Å²) < 4.78 is 11.5. The van der Waals surface area contributed by atoms with E-state index in [1.165, 1.54) is 11.1 Å². The molecule has 5 nitrogen and oxygen atoms in total. The first-order valence-electron chi connectivity index (χ1n) is 11.0. The molecule has 0 radical (unpaired) electrons. The zero-order valence-electron chi connectivity index (χ0n) is 18.9. The van der Waals surface area contributed by atoms with Crippen molar-refractivity contribution in [3.63, 3.8) is 0 Å². The smallest absolute Gasteiger partial charge is 0.222 e. The molecule has 1 atom stereocenters. The molecule has 0 saturated heterocycles. The lowest BCUT2D eigenvalue weighted by Gasteiger charge is -2.38. The van der Waals surface area contributed by atoms with Crippen molar-refractivity contribution in [3.8, 4) is 11.5 Å². The number of ether oxygens (including phenoxy) is 2. The lowest BCUT2D eigenvalue weighted by Crippen LogP contribution is -2.45. The highest BCUT2D eigenvalue weighted by molar-refractivity contribution is 5.78. The summed E-state index contributed by atoms with van der Waals surface area (Å²) in [6.07, 6.45) is 0.355. The fourth-order valence-corrected chi connectivity index (χ4v) is 4.05. The number of rotatable bonds is 7. The van der Waals surface area contributed by atoms with Gasteiger partial charge in [0.1, 0.15) is 18.1 Å². The van der Waals surface area contributed by atoms with E-state index < -0.39 is 0 Å². The molecule has 0 aromatic heterocycles. The molecule has 1 amide bonds. The summed E-state index contributed by atoms with van der Waals surface area (Å²) in [6.45, 7) is 5.79. The maximum Gasteiger partial charge on any atom is 0.222 e. The summed E-state index contributed by atoms with van der Waals surface area (Å²) in [7, 11) is 1.64. The Morgan fingerprint density at radius 3 is 2.59 bits per heavy atom. The largest absolute Gasteiger partial charge is 0.496 e. The number of aryl methyl sites for hydroxylation is 2. The van der Waals surface area contributed by atoms with E-state index in [0.717, 1.165) is 34.9 Å². The molecule has 0 saturated carbocycles. The fourth-order valence-electron chi connectivity index (χ4n) is 4.05. The van der Waals surface area contributed by atoms with Crippen LogP contribution in [0.1, 0.15) is 28.7 Å². The van der Waals surface area contributed by atoms with Gasteiger partial charge in [0.15, 0.2) is 0 Å². The molecule has 4 rings (SSSR count). The number of carbonyl (C=O) groups is 1. The fraction of sp³-hybridized carbons (Fsp3) is 0.296. The lowest BCUT2D eigenvalue weighted by molar-refractivity contribution is -0.121. The lowest BCUT2D eigenvalue weighted by atomic mass is 10.0. The molecule has 1 unspecified atom stereocenters. The SMILES string of the molecule is COc1ccccc1CNC(=O)CC1COc2cc(C)ccc2N1Cc1ccc(C)cc1. The van der Waals surface area contributed by atoms with Crippen molar-refractivity contribution in [3.05, 3.63) is 89.0 Å². The Morgan fingerprint density at radius 1 is 1.06 bits per heavy atom. The minimum Gasteiger partial charge on any atom is -0.496 e. The van der Waals surface area contributed by atoms with Crippen LogP contribution in [-0.2, 0) is 17.9 Å². The average Bonchev–Trinajstić information content (AvgIpc) is 2.80. The number of nitrogens with one attached hydrogen (secondary N) is 1. The number of fused-ring (bicyclic) bond motifs is 1. The maximum absolute atomic E-state index is 12.9. The molecule has 0 bridgehead atoms. The van der Waals surface area contributed by atoms with Gasteiger partial charge in [0, 0.05) is 18.7 Å². The normalized spacial score (nSPS) is 15.0. The standard InChI is InChI=1S/C27H30N2O3/c1-19-8-11-21(12-9-19)17-29-23(18-32-26-14-20(2)10-13-24(26)29)15-27(30)28-16-22-6-4-5-7-25(22)31-3/h4-14,23H,15-18H2,1-3H3,(H,28,30). The van der Waals surface area contributed by atoms with E-state index in [2.05, 4.69) is 66.5 Å². The predicted octanol–water partition coefficient (Wildman–Crippen LogP) is 4.79. The van der Waals surface area contributed by atoms with Gasteiger partial charge in [0.05, 0.1) is 25.3 Å². The van der Waals surface area contributed by atoms with Gasteiger partial charge in [-0.2, -0.15) is 0 Å². The van der Waals surface area contributed by atoms with E-state index in [4.69, 9.17) is 9.47 Å².